The van der Waals surface area contributed by atoms with Gasteiger partial charge < -0.3 is 19.4 Å². The van der Waals surface area contributed by atoms with Crippen molar-refractivity contribution in [3.05, 3.63) is 24.0 Å². The fourth-order valence-electron chi connectivity index (χ4n) is 5.12. The van der Waals surface area contributed by atoms with Crippen LogP contribution in [0.1, 0.15) is 58.7 Å². The third-order valence-electron chi connectivity index (χ3n) is 7.27. The molecule has 1 amide bonds. The minimum Gasteiger partial charge on any atom is -0.381 e. The zero-order valence-corrected chi connectivity index (χ0v) is 22.3. The summed E-state index contributed by atoms with van der Waals surface area (Å²) < 4.78 is 42.1. The molecule has 198 valence electrons. The van der Waals surface area contributed by atoms with Crippen LogP contribution in [0.2, 0.25) is 0 Å². The molecule has 1 saturated carbocycles. The first-order valence-electron chi connectivity index (χ1n) is 13.1. The van der Waals surface area contributed by atoms with Crippen molar-refractivity contribution in [3.8, 4) is 0 Å². The van der Waals surface area contributed by atoms with E-state index in [1.807, 2.05) is 6.07 Å². The second-order valence-corrected chi connectivity index (χ2v) is 13.3. The summed E-state index contributed by atoms with van der Waals surface area (Å²) in [4.78, 5) is 17.4. The van der Waals surface area contributed by atoms with Gasteiger partial charge in [0, 0.05) is 44.3 Å². The number of benzene rings is 1. The van der Waals surface area contributed by atoms with E-state index in [9.17, 15) is 13.2 Å². The van der Waals surface area contributed by atoms with Crippen LogP contribution >= 0.6 is 0 Å². The Morgan fingerprint density at radius 3 is 2.58 bits per heavy atom. The van der Waals surface area contributed by atoms with Gasteiger partial charge in [0.1, 0.15) is 5.82 Å². The van der Waals surface area contributed by atoms with E-state index in [-0.39, 0.29) is 48.4 Å². The molecule has 1 atom stereocenters. The van der Waals surface area contributed by atoms with E-state index < -0.39 is 16.1 Å². The van der Waals surface area contributed by atoms with Gasteiger partial charge in [0.25, 0.3) is 0 Å². The molecule has 3 fully saturated rings. The highest BCUT2D eigenvalue weighted by molar-refractivity contribution is 7.89. The number of ether oxygens (including phenoxy) is 2. The summed E-state index contributed by atoms with van der Waals surface area (Å²) in [6.45, 7) is 9.55. The number of sulfonamides is 1. The van der Waals surface area contributed by atoms with Crippen LogP contribution < -0.4 is 5.32 Å². The Kier molecular flexibility index (Phi) is 7.15. The van der Waals surface area contributed by atoms with Crippen molar-refractivity contribution >= 4 is 27.0 Å². The summed E-state index contributed by atoms with van der Waals surface area (Å²) in [7, 11) is -3.74. The molecule has 0 radical (unpaired) electrons. The van der Waals surface area contributed by atoms with Crippen LogP contribution in [-0.2, 0) is 36.3 Å². The zero-order valence-electron chi connectivity index (χ0n) is 21.5. The van der Waals surface area contributed by atoms with Crippen LogP contribution in [0.15, 0.2) is 23.1 Å². The van der Waals surface area contributed by atoms with Crippen LogP contribution in [-0.4, -0.2) is 73.2 Å². The number of fused-ring (bicyclic) bond motifs is 1. The molecule has 1 aromatic carbocycles. The molecule has 36 heavy (non-hydrogen) atoms. The first kappa shape index (κ1) is 25.6. The topological polar surface area (TPSA) is 103 Å². The third-order valence-corrected chi connectivity index (χ3v) is 9.13. The summed E-state index contributed by atoms with van der Waals surface area (Å²) in [6.07, 6.45) is 3.80. The normalized spacial score (nSPS) is 22.7. The molecule has 5 rings (SSSR count). The zero-order chi connectivity index (χ0) is 25.5. The number of carbonyl (C=O) groups excluding carboxylic acids is 1. The molecular formula is C26H38N4O5S. The van der Waals surface area contributed by atoms with Gasteiger partial charge in [0.2, 0.25) is 15.9 Å². The number of hydrogen-bond acceptors (Lipinski definition) is 6. The van der Waals surface area contributed by atoms with E-state index in [0.717, 1.165) is 56.8 Å². The lowest BCUT2D eigenvalue weighted by atomic mass is 9.94. The van der Waals surface area contributed by atoms with Crippen molar-refractivity contribution in [1.82, 2.24) is 19.2 Å². The fourth-order valence-corrected chi connectivity index (χ4v) is 6.59. The quantitative estimate of drug-likeness (QED) is 0.605. The molecular weight excluding hydrogens is 480 g/mol. The lowest BCUT2D eigenvalue weighted by Gasteiger charge is -2.32. The van der Waals surface area contributed by atoms with Gasteiger partial charge in [0.05, 0.1) is 35.1 Å². The average Bonchev–Trinajstić information content (AvgIpc) is 3.57. The standard InChI is InChI=1S/C26H38N4O5S/c1-26(2,3)25-28-22-15-21(6-7-23(22)30(25)16-18-8-11-34-12-9-18)36(32,33)29-10-13-35-20(17-29)14-24(31)27-19-4-5-19/h6-7,15,18-20H,4-5,8-14,16-17H2,1-3H3,(H,27,31). The summed E-state index contributed by atoms with van der Waals surface area (Å²) in [5, 5.41) is 2.95. The van der Waals surface area contributed by atoms with Gasteiger partial charge in [-0.1, -0.05) is 20.8 Å². The number of imidazole rings is 1. The highest BCUT2D eigenvalue weighted by atomic mass is 32.2. The Morgan fingerprint density at radius 1 is 1.14 bits per heavy atom. The number of nitrogens with zero attached hydrogens (tertiary/aromatic N) is 3. The molecule has 1 aromatic heterocycles. The van der Waals surface area contributed by atoms with Crippen molar-refractivity contribution in [2.75, 3.05) is 32.9 Å². The van der Waals surface area contributed by atoms with Crippen LogP contribution in [0, 0.1) is 5.92 Å². The monoisotopic (exact) mass is 518 g/mol. The van der Waals surface area contributed by atoms with Crippen molar-refractivity contribution in [3.63, 3.8) is 0 Å². The lowest BCUT2D eigenvalue weighted by molar-refractivity contribution is -0.125. The average molecular weight is 519 g/mol. The van der Waals surface area contributed by atoms with E-state index >= 15 is 0 Å². The molecule has 2 aliphatic heterocycles. The molecule has 2 saturated heterocycles. The number of nitrogens with one attached hydrogen (secondary N) is 1. The van der Waals surface area contributed by atoms with Gasteiger partial charge in [-0.15, -0.1) is 0 Å². The molecule has 3 aliphatic rings. The first-order chi connectivity index (χ1) is 17.1. The molecule has 2 aromatic rings. The molecule has 1 aliphatic carbocycles. The van der Waals surface area contributed by atoms with E-state index in [0.29, 0.717) is 11.4 Å². The van der Waals surface area contributed by atoms with Crippen molar-refractivity contribution in [2.24, 2.45) is 5.92 Å². The number of amides is 1. The van der Waals surface area contributed by atoms with Crippen LogP contribution in [0.5, 0.6) is 0 Å². The summed E-state index contributed by atoms with van der Waals surface area (Å²) in [5.41, 5.74) is 1.48. The Balaban J connectivity index is 1.38. The number of morpholine rings is 1. The van der Waals surface area contributed by atoms with Gasteiger partial charge in [-0.25, -0.2) is 13.4 Å². The van der Waals surface area contributed by atoms with Gasteiger partial charge in [-0.3, -0.25) is 4.79 Å². The predicted molar refractivity (Wildman–Crippen MR) is 136 cm³/mol. The van der Waals surface area contributed by atoms with Crippen LogP contribution in [0.25, 0.3) is 11.0 Å². The van der Waals surface area contributed by atoms with E-state index in [1.54, 1.807) is 12.1 Å². The summed E-state index contributed by atoms with van der Waals surface area (Å²) in [5.74, 6) is 1.41. The van der Waals surface area contributed by atoms with Crippen molar-refractivity contribution in [1.29, 1.82) is 0 Å². The first-order valence-corrected chi connectivity index (χ1v) is 14.5. The second kappa shape index (κ2) is 10.0. The third kappa shape index (κ3) is 5.61. The minimum atomic E-state index is -3.74. The molecule has 0 spiro atoms. The van der Waals surface area contributed by atoms with Gasteiger partial charge in [-0.05, 0) is 49.8 Å². The van der Waals surface area contributed by atoms with E-state index in [2.05, 4.69) is 30.7 Å². The fraction of sp³-hybridized carbons (Fsp3) is 0.692. The maximum atomic E-state index is 13.6. The van der Waals surface area contributed by atoms with Gasteiger partial charge in [0.15, 0.2) is 0 Å². The Labute approximate surface area is 213 Å². The SMILES string of the molecule is CC(C)(C)c1nc2cc(S(=O)(=O)N3CCOC(CC(=O)NC4CC4)C3)ccc2n1CC1CCOCC1. The van der Waals surface area contributed by atoms with E-state index in [4.69, 9.17) is 14.5 Å². The number of aromatic nitrogens is 2. The van der Waals surface area contributed by atoms with Gasteiger partial charge >= 0.3 is 0 Å². The Hall–Kier alpha value is -2.01. The number of rotatable bonds is 7. The number of hydrogen-bond donors (Lipinski definition) is 1. The molecule has 1 unspecified atom stereocenters. The van der Waals surface area contributed by atoms with Gasteiger partial charge in [-0.2, -0.15) is 4.31 Å². The maximum Gasteiger partial charge on any atom is 0.243 e. The Bertz CT molecular complexity index is 1210. The molecule has 9 nitrogen and oxygen atoms in total. The van der Waals surface area contributed by atoms with Crippen molar-refractivity contribution < 1.29 is 22.7 Å². The molecule has 1 N–H and O–H groups in total. The predicted octanol–water partition coefficient (Wildman–Crippen LogP) is 2.82. The molecule has 3 heterocycles. The van der Waals surface area contributed by atoms with Crippen LogP contribution in [0.4, 0.5) is 0 Å². The highest BCUT2D eigenvalue weighted by Gasteiger charge is 2.34. The molecule has 0 bridgehead atoms. The molecule has 10 heteroatoms. The summed E-state index contributed by atoms with van der Waals surface area (Å²) in [6, 6.07) is 5.56. The lowest BCUT2D eigenvalue weighted by Crippen LogP contribution is -2.47. The van der Waals surface area contributed by atoms with E-state index in [1.165, 1.54) is 4.31 Å². The Morgan fingerprint density at radius 2 is 1.89 bits per heavy atom. The maximum absolute atomic E-state index is 13.6. The van der Waals surface area contributed by atoms with Crippen LogP contribution in [0.3, 0.4) is 0 Å². The largest absolute Gasteiger partial charge is 0.381 e. The smallest absolute Gasteiger partial charge is 0.243 e. The second-order valence-electron chi connectivity index (χ2n) is 11.4. The van der Waals surface area contributed by atoms with Crippen molar-refractivity contribution in [2.45, 2.75) is 81.9 Å². The minimum absolute atomic E-state index is 0.0760. The number of carbonyl (C=O) groups is 1. The summed E-state index contributed by atoms with van der Waals surface area (Å²) >= 11 is 0. The highest BCUT2D eigenvalue weighted by Crippen LogP contribution is 2.31.